The van der Waals surface area contributed by atoms with Crippen LogP contribution >= 0.6 is 0 Å². The van der Waals surface area contributed by atoms with Gasteiger partial charge in [-0.05, 0) is 18.4 Å². The summed E-state index contributed by atoms with van der Waals surface area (Å²) in [6, 6.07) is 14.8. The largest absolute Gasteiger partial charge is 0.328 e. The van der Waals surface area contributed by atoms with E-state index in [-0.39, 0.29) is 0 Å². The molecule has 0 spiro atoms. The van der Waals surface area contributed by atoms with Crippen molar-refractivity contribution in [1.82, 2.24) is 0 Å². The van der Waals surface area contributed by atoms with Gasteiger partial charge in [0.15, 0.2) is 0 Å². The first-order valence-electron chi connectivity index (χ1n) is 6.09. The van der Waals surface area contributed by atoms with Crippen molar-refractivity contribution >= 4 is 0 Å². The molecule has 2 nitrogen and oxygen atoms in total. The molecule has 3 rings (SSSR count). The Balaban J connectivity index is 1.57. The fourth-order valence-electron chi connectivity index (χ4n) is 2.35. The van der Waals surface area contributed by atoms with Gasteiger partial charge in [-0.15, -0.1) is 0 Å². The summed E-state index contributed by atoms with van der Waals surface area (Å²) in [6.45, 7) is 0. The van der Waals surface area contributed by atoms with E-state index in [1.807, 2.05) is 0 Å². The average molecular weight is 213 g/mol. The Hall–Kier alpha value is -1.33. The maximum absolute atomic E-state index is 5.73. The van der Waals surface area contributed by atoms with Gasteiger partial charge in [0, 0.05) is 12.5 Å². The van der Waals surface area contributed by atoms with E-state index >= 15 is 0 Å². The number of nitrogens with two attached hydrogens (primary N) is 1. The molecule has 0 saturated heterocycles. The Morgan fingerprint density at radius 2 is 1.88 bits per heavy atom. The molecule has 0 heterocycles. The lowest BCUT2D eigenvalue weighted by molar-refractivity contribution is 0.334. The second-order valence-corrected chi connectivity index (χ2v) is 5.01. The zero-order valence-corrected chi connectivity index (χ0v) is 9.34. The number of benzene rings is 1. The normalized spacial score (nSPS) is 35.8. The quantitative estimate of drug-likeness (QED) is 0.763. The zero-order valence-electron chi connectivity index (χ0n) is 9.34. The molecule has 2 atom stereocenters. The molecule has 0 amide bonds. The highest BCUT2D eigenvalue weighted by Crippen LogP contribution is 2.43. The van der Waals surface area contributed by atoms with Crippen molar-refractivity contribution in [2.75, 3.05) is 0 Å². The van der Waals surface area contributed by atoms with Gasteiger partial charge in [-0.1, -0.05) is 35.2 Å². The molecule has 0 aliphatic heterocycles. The highest BCUT2D eigenvalue weighted by molar-refractivity contribution is 5.31. The van der Waals surface area contributed by atoms with Gasteiger partial charge in [0.1, 0.15) is 0 Å². The predicted octanol–water partition coefficient (Wildman–Crippen LogP) is 2.61. The lowest BCUT2D eigenvalue weighted by Gasteiger charge is -2.23. The van der Waals surface area contributed by atoms with Crippen LogP contribution in [0.3, 0.4) is 0 Å². The molecule has 0 radical (unpaired) electrons. The summed E-state index contributed by atoms with van der Waals surface area (Å²) < 4.78 is 0. The van der Waals surface area contributed by atoms with Gasteiger partial charge in [0.2, 0.25) is 0 Å². The Morgan fingerprint density at radius 3 is 2.56 bits per heavy atom. The molecule has 2 aliphatic carbocycles. The molecular weight excluding hydrogens is 196 g/mol. The highest BCUT2D eigenvalue weighted by atomic mass is 14.8. The van der Waals surface area contributed by atoms with Crippen LogP contribution in [0.5, 0.6) is 0 Å². The summed E-state index contributed by atoms with van der Waals surface area (Å²) >= 11 is 0. The predicted molar refractivity (Wildman–Crippen MR) is 65.5 cm³/mol. The third-order valence-electron chi connectivity index (χ3n) is 3.58. The fourth-order valence-corrected chi connectivity index (χ4v) is 2.35. The van der Waals surface area contributed by atoms with Crippen LogP contribution in [0.15, 0.2) is 30.3 Å². The van der Waals surface area contributed by atoms with E-state index in [2.05, 4.69) is 41.2 Å². The van der Waals surface area contributed by atoms with Crippen molar-refractivity contribution in [2.45, 2.75) is 37.3 Å². The molecule has 2 fully saturated rings. The van der Waals surface area contributed by atoms with Crippen LogP contribution in [0.2, 0.25) is 0 Å². The maximum Gasteiger partial charge on any atom is 0.280 e. The van der Waals surface area contributed by atoms with E-state index in [1.54, 1.807) is 0 Å². The van der Waals surface area contributed by atoms with Crippen molar-refractivity contribution in [2.24, 2.45) is 11.7 Å². The molecule has 0 unspecified atom stereocenters. The summed E-state index contributed by atoms with van der Waals surface area (Å²) in [4.78, 5) is 4.54. The molecule has 2 saturated carbocycles. The Kier molecular flexibility index (Phi) is 2.41. The summed E-state index contributed by atoms with van der Waals surface area (Å²) in [5.41, 5.74) is 7.15. The molecule has 16 heavy (non-hydrogen) atoms. The number of rotatable bonds is 1. The lowest BCUT2D eigenvalue weighted by Crippen LogP contribution is -2.35. The van der Waals surface area contributed by atoms with Gasteiger partial charge in [-0.3, -0.25) is 0 Å². The number of nitrogens with zero attached hydrogens (tertiary/aromatic N) is 1. The Morgan fingerprint density at radius 1 is 1.12 bits per heavy atom. The molecule has 82 valence electrons. The summed E-state index contributed by atoms with van der Waals surface area (Å²) in [5, 5.41) is 0. The minimum atomic E-state index is 0.400. The fraction of sp³-hybridized carbons (Fsp3) is 0.500. The first-order chi connectivity index (χ1) is 7.83. The Bertz CT molecular complexity index is 423. The van der Waals surface area contributed by atoms with Gasteiger partial charge in [0.05, 0.1) is 11.8 Å². The smallest absolute Gasteiger partial charge is 0.280 e. The van der Waals surface area contributed by atoms with E-state index in [9.17, 15) is 0 Å². The maximum atomic E-state index is 5.73. The standard InChI is InChI=1S/C14H17N2/c15-12-6-10(7-12)9-16-14-8-13(14)11-4-2-1-3-5-11/h1-5,10,12-14H,6-8,15H2/q+1/t10?,12?,13-,14+/m1/s1. The monoisotopic (exact) mass is 213 g/mol. The van der Waals surface area contributed by atoms with Crippen molar-refractivity contribution in [1.29, 1.82) is 0 Å². The molecular formula is C14H17N2+. The van der Waals surface area contributed by atoms with E-state index in [0.717, 1.165) is 12.8 Å². The third-order valence-corrected chi connectivity index (χ3v) is 3.58. The highest BCUT2D eigenvalue weighted by Gasteiger charge is 2.48. The number of hydrogen-bond donors (Lipinski definition) is 1. The lowest BCUT2D eigenvalue weighted by atomic mass is 9.82. The molecule has 1 aromatic carbocycles. The molecule has 0 aromatic heterocycles. The molecule has 2 aliphatic rings. The van der Waals surface area contributed by atoms with Crippen LogP contribution in [0.4, 0.5) is 0 Å². The Labute approximate surface area is 96.3 Å². The van der Waals surface area contributed by atoms with Gasteiger partial charge < -0.3 is 5.73 Å². The molecule has 2 N–H and O–H groups in total. The SMILES string of the molecule is NC1CC(C#[N+][C@H]2C[C@@H]2c2ccccc2)C1. The van der Waals surface area contributed by atoms with Gasteiger partial charge >= 0.3 is 0 Å². The van der Waals surface area contributed by atoms with Crippen LogP contribution in [0.25, 0.3) is 4.85 Å². The van der Waals surface area contributed by atoms with E-state index in [4.69, 9.17) is 5.73 Å². The summed E-state index contributed by atoms with van der Waals surface area (Å²) in [7, 11) is 0. The van der Waals surface area contributed by atoms with E-state index < -0.39 is 0 Å². The summed E-state index contributed by atoms with van der Waals surface area (Å²) in [6.07, 6.45) is 3.34. The second-order valence-electron chi connectivity index (χ2n) is 5.01. The van der Waals surface area contributed by atoms with Crippen molar-refractivity contribution in [3.8, 4) is 6.07 Å². The molecule has 2 heteroatoms. The first-order valence-corrected chi connectivity index (χ1v) is 6.09. The zero-order chi connectivity index (χ0) is 11.0. The van der Waals surface area contributed by atoms with Crippen LogP contribution in [-0.4, -0.2) is 12.1 Å². The van der Waals surface area contributed by atoms with Gasteiger partial charge in [0.25, 0.3) is 12.1 Å². The van der Waals surface area contributed by atoms with Crippen molar-refractivity contribution in [3.63, 3.8) is 0 Å². The second kappa shape index (κ2) is 3.92. The minimum absolute atomic E-state index is 0.400. The average Bonchev–Trinajstić information content (AvgIpc) is 3.04. The minimum Gasteiger partial charge on any atom is -0.328 e. The molecule has 1 aromatic rings. The van der Waals surface area contributed by atoms with Crippen molar-refractivity contribution in [3.05, 3.63) is 40.7 Å². The third kappa shape index (κ3) is 1.96. The van der Waals surface area contributed by atoms with Gasteiger partial charge in [-0.2, -0.15) is 0 Å². The van der Waals surface area contributed by atoms with E-state index in [1.165, 1.54) is 12.0 Å². The first kappa shape index (κ1) is 9.86. The topological polar surface area (TPSA) is 30.4 Å². The molecule has 0 bridgehead atoms. The van der Waals surface area contributed by atoms with E-state index in [0.29, 0.717) is 23.9 Å². The van der Waals surface area contributed by atoms with Crippen LogP contribution in [-0.2, 0) is 0 Å². The van der Waals surface area contributed by atoms with Crippen LogP contribution in [0.1, 0.15) is 30.7 Å². The van der Waals surface area contributed by atoms with Gasteiger partial charge in [-0.25, -0.2) is 0 Å². The summed E-state index contributed by atoms with van der Waals surface area (Å²) in [5.74, 6) is 1.18. The number of hydrogen-bond acceptors (Lipinski definition) is 1. The van der Waals surface area contributed by atoms with Crippen molar-refractivity contribution < 1.29 is 0 Å². The van der Waals surface area contributed by atoms with Crippen LogP contribution < -0.4 is 5.73 Å². The van der Waals surface area contributed by atoms with Crippen LogP contribution in [0, 0.1) is 12.0 Å².